The van der Waals surface area contributed by atoms with Crippen LogP contribution in [0.3, 0.4) is 0 Å². The van der Waals surface area contributed by atoms with Gasteiger partial charge in [-0.15, -0.1) is 0 Å². The SMILES string of the molecule is CCCCCc1cc(O)c(C/C=C(\C)CCC=C(C)C)c(O)c1S(=O)(=O)NC(C)=O. The first-order valence-electron chi connectivity index (χ1n) is 10.4. The Morgan fingerprint density at radius 3 is 2.33 bits per heavy atom. The summed E-state index contributed by atoms with van der Waals surface area (Å²) in [6.07, 6.45) is 8.84. The lowest BCUT2D eigenvalue weighted by molar-refractivity contribution is -0.117. The van der Waals surface area contributed by atoms with Gasteiger partial charge in [0.2, 0.25) is 5.91 Å². The lowest BCUT2D eigenvalue weighted by Crippen LogP contribution is -2.29. The average Bonchev–Trinajstić information content (AvgIpc) is 2.59. The minimum Gasteiger partial charge on any atom is -0.508 e. The molecule has 0 heterocycles. The Kier molecular flexibility index (Phi) is 10.1. The highest BCUT2D eigenvalue weighted by molar-refractivity contribution is 7.90. The number of phenolic OH excluding ortho intramolecular Hbond substituents is 2. The fourth-order valence-electron chi connectivity index (χ4n) is 3.19. The standard InChI is InChI=1S/C23H35NO5S/c1-6-7-8-12-19-15-21(26)20(14-13-17(4)11-9-10-16(2)3)22(27)23(19)30(28,29)24-18(5)25/h10,13,15,26-27H,6-9,11-12,14H2,1-5H3,(H,24,25)/b17-13+. The largest absolute Gasteiger partial charge is 0.508 e. The molecule has 1 amide bonds. The Bertz CT molecular complexity index is 910. The lowest BCUT2D eigenvalue weighted by atomic mass is 10.00. The average molecular weight is 438 g/mol. The number of aryl methyl sites for hydroxylation is 1. The van der Waals surface area contributed by atoms with Crippen LogP contribution in [0.15, 0.2) is 34.3 Å². The van der Waals surface area contributed by atoms with Crippen LogP contribution in [-0.4, -0.2) is 24.5 Å². The van der Waals surface area contributed by atoms with Crippen LogP contribution in [0.1, 0.15) is 77.8 Å². The van der Waals surface area contributed by atoms with Crippen molar-refractivity contribution in [2.24, 2.45) is 0 Å². The molecule has 0 aliphatic carbocycles. The van der Waals surface area contributed by atoms with E-state index in [2.05, 4.69) is 6.08 Å². The fourth-order valence-corrected chi connectivity index (χ4v) is 4.55. The predicted molar refractivity (Wildman–Crippen MR) is 120 cm³/mol. The number of phenols is 2. The Balaban J connectivity index is 3.33. The molecule has 1 rings (SSSR count). The molecule has 1 aromatic carbocycles. The zero-order chi connectivity index (χ0) is 22.9. The number of carbonyl (C=O) groups excluding carboxylic acids is 1. The van der Waals surface area contributed by atoms with Gasteiger partial charge in [0.05, 0.1) is 0 Å². The molecular formula is C23H35NO5S. The van der Waals surface area contributed by atoms with E-state index >= 15 is 0 Å². The molecule has 0 aliphatic rings. The Hall–Kier alpha value is -2.28. The number of unbranched alkanes of at least 4 members (excludes halogenated alkanes) is 2. The molecule has 0 unspecified atom stereocenters. The summed E-state index contributed by atoms with van der Waals surface area (Å²) in [5, 5.41) is 21.3. The van der Waals surface area contributed by atoms with Crippen LogP contribution in [0.4, 0.5) is 0 Å². The molecule has 0 fully saturated rings. The summed E-state index contributed by atoms with van der Waals surface area (Å²) in [6, 6.07) is 1.39. The van der Waals surface area contributed by atoms with Crippen molar-refractivity contribution < 1.29 is 23.4 Å². The number of allylic oxidation sites excluding steroid dienone is 4. The van der Waals surface area contributed by atoms with Crippen LogP contribution in [0.25, 0.3) is 0 Å². The van der Waals surface area contributed by atoms with Gasteiger partial charge in [0, 0.05) is 12.5 Å². The molecule has 0 aromatic heterocycles. The first-order valence-corrected chi connectivity index (χ1v) is 11.9. The van der Waals surface area contributed by atoms with Gasteiger partial charge in [-0.3, -0.25) is 4.79 Å². The fraction of sp³-hybridized carbons (Fsp3) is 0.522. The number of hydrogen-bond acceptors (Lipinski definition) is 5. The van der Waals surface area contributed by atoms with Crippen molar-refractivity contribution in [1.82, 2.24) is 4.72 Å². The molecular weight excluding hydrogens is 402 g/mol. The zero-order valence-electron chi connectivity index (χ0n) is 18.7. The summed E-state index contributed by atoms with van der Waals surface area (Å²) >= 11 is 0. The summed E-state index contributed by atoms with van der Waals surface area (Å²) in [4.78, 5) is 11.1. The van der Waals surface area contributed by atoms with Crippen LogP contribution in [0.5, 0.6) is 11.5 Å². The van der Waals surface area contributed by atoms with Crippen molar-refractivity contribution >= 4 is 15.9 Å². The molecule has 1 aromatic rings. The molecule has 0 spiro atoms. The summed E-state index contributed by atoms with van der Waals surface area (Å²) < 4.78 is 27.4. The van der Waals surface area contributed by atoms with Gasteiger partial charge in [0.15, 0.2) is 0 Å². The molecule has 0 saturated heterocycles. The van der Waals surface area contributed by atoms with Gasteiger partial charge in [0.25, 0.3) is 10.0 Å². The highest BCUT2D eigenvalue weighted by Crippen LogP contribution is 2.38. The van der Waals surface area contributed by atoms with E-state index in [1.165, 1.54) is 11.6 Å². The Labute approximate surface area is 180 Å². The molecule has 0 atom stereocenters. The van der Waals surface area contributed by atoms with Crippen molar-refractivity contribution in [3.8, 4) is 11.5 Å². The topological polar surface area (TPSA) is 104 Å². The minimum atomic E-state index is -4.25. The summed E-state index contributed by atoms with van der Waals surface area (Å²) in [6.45, 7) is 9.16. The number of hydrogen-bond donors (Lipinski definition) is 3. The molecule has 0 radical (unpaired) electrons. The van der Waals surface area contributed by atoms with Gasteiger partial charge in [-0.2, -0.15) is 0 Å². The first-order chi connectivity index (χ1) is 14.0. The number of amides is 1. The van der Waals surface area contributed by atoms with Crippen molar-refractivity contribution in [1.29, 1.82) is 0 Å². The Morgan fingerprint density at radius 2 is 1.77 bits per heavy atom. The number of rotatable bonds is 11. The van der Waals surface area contributed by atoms with Gasteiger partial charge in [-0.25, -0.2) is 13.1 Å². The number of nitrogens with one attached hydrogen (secondary N) is 1. The normalized spacial score (nSPS) is 12.0. The van der Waals surface area contributed by atoms with Crippen LogP contribution in [0, 0.1) is 0 Å². The summed E-state index contributed by atoms with van der Waals surface area (Å²) in [7, 11) is -4.25. The maximum atomic E-state index is 12.7. The van der Waals surface area contributed by atoms with Crippen molar-refractivity contribution in [2.75, 3.05) is 0 Å². The van der Waals surface area contributed by atoms with Crippen LogP contribution in [0.2, 0.25) is 0 Å². The van der Waals surface area contributed by atoms with E-state index in [0.29, 0.717) is 18.4 Å². The van der Waals surface area contributed by atoms with Crippen LogP contribution >= 0.6 is 0 Å². The van der Waals surface area contributed by atoms with E-state index in [9.17, 15) is 23.4 Å². The lowest BCUT2D eigenvalue weighted by Gasteiger charge is -2.17. The molecule has 0 saturated carbocycles. The quantitative estimate of drug-likeness (QED) is 0.338. The zero-order valence-corrected chi connectivity index (χ0v) is 19.5. The van der Waals surface area contributed by atoms with Gasteiger partial charge >= 0.3 is 0 Å². The summed E-state index contributed by atoms with van der Waals surface area (Å²) in [5.41, 5.74) is 2.76. The molecule has 0 bridgehead atoms. The Morgan fingerprint density at radius 1 is 1.10 bits per heavy atom. The maximum absolute atomic E-state index is 12.7. The molecule has 0 aliphatic heterocycles. The van der Waals surface area contributed by atoms with Crippen LogP contribution < -0.4 is 4.72 Å². The number of carbonyl (C=O) groups is 1. The molecule has 7 heteroatoms. The van der Waals surface area contributed by atoms with Gasteiger partial charge in [-0.05, 0) is 64.5 Å². The molecule has 6 nitrogen and oxygen atoms in total. The number of sulfonamides is 1. The summed E-state index contributed by atoms with van der Waals surface area (Å²) in [5.74, 6) is -1.38. The van der Waals surface area contributed by atoms with E-state index in [4.69, 9.17) is 0 Å². The molecule has 30 heavy (non-hydrogen) atoms. The van der Waals surface area contributed by atoms with E-state index in [0.717, 1.165) is 38.2 Å². The van der Waals surface area contributed by atoms with Gasteiger partial charge in [0.1, 0.15) is 16.4 Å². The molecule has 3 N–H and O–H groups in total. The van der Waals surface area contributed by atoms with Crippen molar-refractivity contribution in [2.45, 2.75) is 84.5 Å². The predicted octanol–water partition coefficient (Wildman–Crippen LogP) is 4.89. The van der Waals surface area contributed by atoms with Crippen LogP contribution in [-0.2, 0) is 27.7 Å². The number of benzene rings is 1. The molecule has 168 valence electrons. The third-order valence-electron chi connectivity index (χ3n) is 4.76. The highest BCUT2D eigenvalue weighted by Gasteiger charge is 2.27. The maximum Gasteiger partial charge on any atom is 0.268 e. The van der Waals surface area contributed by atoms with Gasteiger partial charge in [-0.1, -0.05) is 43.1 Å². The third kappa shape index (κ3) is 7.86. The number of aromatic hydroxyl groups is 2. The monoisotopic (exact) mass is 437 g/mol. The second-order valence-corrected chi connectivity index (χ2v) is 9.52. The second kappa shape index (κ2) is 11.8. The van der Waals surface area contributed by atoms with Crippen molar-refractivity contribution in [3.05, 3.63) is 40.5 Å². The first kappa shape index (κ1) is 25.8. The minimum absolute atomic E-state index is 0.139. The van der Waals surface area contributed by atoms with Crippen molar-refractivity contribution in [3.63, 3.8) is 0 Å². The van der Waals surface area contributed by atoms with E-state index in [-0.39, 0.29) is 22.6 Å². The second-order valence-electron chi connectivity index (χ2n) is 7.90. The third-order valence-corrected chi connectivity index (χ3v) is 6.30. The van der Waals surface area contributed by atoms with E-state index in [1.54, 1.807) is 0 Å². The van der Waals surface area contributed by atoms with E-state index in [1.807, 2.05) is 38.5 Å². The smallest absolute Gasteiger partial charge is 0.268 e. The highest BCUT2D eigenvalue weighted by atomic mass is 32.2. The van der Waals surface area contributed by atoms with E-state index < -0.39 is 21.7 Å². The van der Waals surface area contributed by atoms with Gasteiger partial charge < -0.3 is 10.2 Å².